The summed E-state index contributed by atoms with van der Waals surface area (Å²) in [5.74, 6) is 0.542. The molecule has 0 aliphatic carbocycles. The van der Waals surface area contributed by atoms with E-state index in [0.29, 0.717) is 5.69 Å². The summed E-state index contributed by atoms with van der Waals surface area (Å²) in [6.07, 6.45) is 14.1. The highest BCUT2D eigenvalue weighted by molar-refractivity contribution is 6.30. The third-order valence-corrected chi connectivity index (χ3v) is 6.23. The van der Waals surface area contributed by atoms with Gasteiger partial charge in [-0.3, -0.25) is 0 Å². The average Bonchev–Trinajstić information content (AvgIpc) is 2.83. The van der Waals surface area contributed by atoms with E-state index in [-0.39, 0.29) is 11.8 Å². The number of aromatic nitrogens is 2. The monoisotopic (exact) mass is 460 g/mol. The van der Waals surface area contributed by atoms with Crippen molar-refractivity contribution < 1.29 is 14.3 Å². The number of benzene rings is 1. The maximum atomic E-state index is 12.1. The van der Waals surface area contributed by atoms with Crippen molar-refractivity contribution >= 4 is 17.6 Å². The lowest BCUT2D eigenvalue weighted by molar-refractivity contribution is -0.135. The molecule has 0 N–H and O–H groups in total. The summed E-state index contributed by atoms with van der Waals surface area (Å²) >= 11 is 6.12. The molecule has 0 fully saturated rings. The number of hydrogen-bond donors (Lipinski definition) is 0. The number of carbonyl (C=O) groups excluding carboxylic acids is 1. The second-order valence-electron chi connectivity index (χ2n) is 8.30. The quantitative estimate of drug-likeness (QED) is 0.159. The molecule has 5 nitrogen and oxygen atoms in total. The molecule has 0 saturated heterocycles. The molecule has 1 aromatic heterocycles. The Kier molecular flexibility index (Phi) is 12.1. The first-order valence-corrected chi connectivity index (χ1v) is 12.4. The van der Waals surface area contributed by atoms with E-state index in [1.54, 1.807) is 6.20 Å². The molecule has 1 heterocycles. The zero-order valence-corrected chi connectivity index (χ0v) is 20.4. The topological polar surface area (TPSA) is 61.3 Å². The highest BCUT2D eigenvalue weighted by Crippen LogP contribution is 2.22. The van der Waals surface area contributed by atoms with Gasteiger partial charge in [0.05, 0.1) is 24.7 Å². The van der Waals surface area contributed by atoms with Gasteiger partial charge < -0.3 is 9.47 Å². The Balaban J connectivity index is 1.74. The first kappa shape index (κ1) is 26.1. The van der Waals surface area contributed by atoms with Crippen LogP contribution in [-0.2, 0) is 4.79 Å². The Bertz CT molecular complexity index is 781. The summed E-state index contributed by atoms with van der Waals surface area (Å²) in [5.41, 5.74) is 1.62. The number of carbonyl (C=O) groups is 1. The fourth-order valence-electron chi connectivity index (χ4n) is 3.26. The van der Waals surface area contributed by atoms with Crippen LogP contribution in [0.2, 0.25) is 0 Å². The van der Waals surface area contributed by atoms with Gasteiger partial charge in [-0.1, -0.05) is 72.1 Å². The van der Waals surface area contributed by atoms with Gasteiger partial charge in [0.2, 0.25) is 5.88 Å². The lowest BCUT2D eigenvalue weighted by Crippen LogP contribution is -2.27. The Morgan fingerprint density at radius 2 is 1.59 bits per heavy atom. The molecule has 0 aliphatic rings. The van der Waals surface area contributed by atoms with Crippen LogP contribution in [0.1, 0.15) is 78.6 Å². The van der Waals surface area contributed by atoms with Gasteiger partial charge in [0.25, 0.3) is 0 Å². The van der Waals surface area contributed by atoms with Crippen LogP contribution in [-0.4, -0.2) is 27.9 Å². The van der Waals surface area contributed by atoms with E-state index in [1.165, 1.54) is 51.1 Å². The third-order valence-electron chi connectivity index (χ3n) is 5.62. The second kappa shape index (κ2) is 14.8. The first-order chi connectivity index (χ1) is 15.5. The largest absolute Gasteiger partial charge is 0.494 e. The highest BCUT2D eigenvalue weighted by Gasteiger charge is 2.23. The molecule has 0 radical (unpaired) electrons. The molecule has 0 amide bonds. The van der Waals surface area contributed by atoms with Crippen molar-refractivity contribution in [2.75, 3.05) is 6.61 Å². The minimum atomic E-state index is -0.695. The summed E-state index contributed by atoms with van der Waals surface area (Å²) in [4.78, 5) is 20.6. The number of alkyl halides is 1. The standard InChI is InChI=1S/C26H37ClN2O3/c1-4-6-7-8-9-10-11-12-17-31-22-15-13-21(14-16-22)23-18-29-24(19-28-23)32-26(30)25(27)20(3)5-2/h13-16,18-20,25H,4-12,17H2,1-3H3/t20-,25-/m0/s1. The minimum Gasteiger partial charge on any atom is -0.494 e. The maximum absolute atomic E-state index is 12.1. The van der Waals surface area contributed by atoms with E-state index >= 15 is 0 Å². The molecule has 0 unspecified atom stereocenters. The molecule has 6 heteroatoms. The molecular formula is C26H37ClN2O3. The predicted molar refractivity (Wildman–Crippen MR) is 130 cm³/mol. The minimum absolute atomic E-state index is 0.0349. The summed E-state index contributed by atoms with van der Waals surface area (Å²) in [7, 11) is 0. The molecule has 1 aromatic carbocycles. The molecule has 0 spiro atoms. The molecular weight excluding hydrogens is 424 g/mol. The number of unbranched alkanes of at least 4 members (excludes halogenated alkanes) is 7. The molecule has 2 rings (SSSR count). The normalized spacial score (nSPS) is 12.9. The van der Waals surface area contributed by atoms with Gasteiger partial charge in [0.1, 0.15) is 11.1 Å². The van der Waals surface area contributed by atoms with Gasteiger partial charge in [0.15, 0.2) is 0 Å². The van der Waals surface area contributed by atoms with E-state index in [1.807, 2.05) is 38.1 Å². The molecule has 0 aliphatic heterocycles. The third kappa shape index (κ3) is 9.15. The van der Waals surface area contributed by atoms with Gasteiger partial charge in [-0.15, -0.1) is 11.6 Å². The zero-order chi connectivity index (χ0) is 23.2. The van der Waals surface area contributed by atoms with Crippen LogP contribution in [0.15, 0.2) is 36.7 Å². The fraction of sp³-hybridized carbons (Fsp3) is 0.577. The van der Waals surface area contributed by atoms with Crippen LogP contribution >= 0.6 is 11.6 Å². The molecule has 2 atom stereocenters. The van der Waals surface area contributed by atoms with Crippen molar-refractivity contribution in [3.8, 4) is 22.9 Å². The van der Waals surface area contributed by atoms with E-state index in [0.717, 1.165) is 30.8 Å². The lowest BCUT2D eigenvalue weighted by Gasteiger charge is -2.14. The van der Waals surface area contributed by atoms with Crippen molar-refractivity contribution in [1.82, 2.24) is 9.97 Å². The van der Waals surface area contributed by atoms with E-state index in [2.05, 4.69) is 16.9 Å². The SMILES string of the molecule is CCCCCCCCCCOc1ccc(-c2cnc(OC(=O)[C@@H](Cl)[C@@H](C)CC)cn2)cc1. The van der Waals surface area contributed by atoms with Crippen LogP contribution in [0.25, 0.3) is 11.3 Å². The molecule has 176 valence electrons. The molecule has 2 aromatic rings. The Morgan fingerprint density at radius 1 is 0.938 bits per heavy atom. The van der Waals surface area contributed by atoms with Crippen LogP contribution in [0.4, 0.5) is 0 Å². The van der Waals surface area contributed by atoms with Gasteiger partial charge in [0, 0.05) is 5.56 Å². The molecule has 0 saturated carbocycles. The van der Waals surface area contributed by atoms with Crippen molar-refractivity contribution in [3.05, 3.63) is 36.7 Å². The fourth-order valence-corrected chi connectivity index (χ4v) is 3.49. The Morgan fingerprint density at radius 3 is 2.19 bits per heavy atom. The smallest absolute Gasteiger partial charge is 0.331 e. The average molecular weight is 461 g/mol. The summed E-state index contributed by atoms with van der Waals surface area (Å²) < 4.78 is 11.1. The Hall–Kier alpha value is -2.14. The summed E-state index contributed by atoms with van der Waals surface area (Å²) in [6, 6.07) is 7.80. The summed E-state index contributed by atoms with van der Waals surface area (Å²) in [6.45, 7) is 6.88. The number of halogens is 1. The maximum Gasteiger partial charge on any atom is 0.331 e. The zero-order valence-electron chi connectivity index (χ0n) is 19.7. The number of nitrogens with zero attached hydrogens (tertiary/aromatic N) is 2. The first-order valence-electron chi connectivity index (χ1n) is 12.0. The molecule has 32 heavy (non-hydrogen) atoms. The van der Waals surface area contributed by atoms with Gasteiger partial charge in [-0.25, -0.2) is 14.8 Å². The summed E-state index contributed by atoms with van der Waals surface area (Å²) in [5, 5.41) is -0.695. The van der Waals surface area contributed by atoms with E-state index in [4.69, 9.17) is 21.1 Å². The number of ether oxygens (including phenoxy) is 2. The van der Waals surface area contributed by atoms with Crippen molar-refractivity contribution in [2.45, 2.75) is 83.9 Å². The van der Waals surface area contributed by atoms with E-state index in [9.17, 15) is 4.79 Å². The van der Waals surface area contributed by atoms with Gasteiger partial charge in [-0.05, 0) is 36.6 Å². The van der Waals surface area contributed by atoms with Crippen LogP contribution in [0.5, 0.6) is 11.6 Å². The van der Waals surface area contributed by atoms with Crippen molar-refractivity contribution in [1.29, 1.82) is 0 Å². The Labute approximate surface area is 197 Å². The number of esters is 1. The predicted octanol–water partition coefficient (Wildman–Crippen LogP) is 7.22. The number of rotatable bonds is 15. The second-order valence-corrected chi connectivity index (χ2v) is 8.77. The number of hydrogen-bond acceptors (Lipinski definition) is 5. The van der Waals surface area contributed by atoms with Crippen LogP contribution < -0.4 is 9.47 Å². The lowest BCUT2D eigenvalue weighted by atomic mass is 10.1. The highest BCUT2D eigenvalue weighted by atomic mass is 35.5. The van der Waals surface area contributed by atoms with Gasteiger partial charge >= 0.3 is 5.97 Å². The van der Waals surface area contributed by atoms with Crippen LogP contribution in [0, 0.1) is 5.92 Å². The molecule has 0 bridgehead atoms. The van der Waals surface area contributed by atoms with Gasteiger partial charge in [-0.2, -0.15) is 0 Å². The van der Waals surface area contributed by atoms with Crippen molar-refractivity contribution in [2.24, 2.45) is 5.92 Å². The van der Waals surface area contributed by atoms with Crippen LogP contribution in [0.3, 0.4) is 0 Å². The van der Waals surface area contributed by atoms with Crippen molar-refractivity contribution in [3.63, 3.8) is 0 Å². The van der Waals surface area contributed by atoms with E-state index < -0.39 is 11.3 Å².